The van der Waals surface area contributed by atoms with Gasteiger partial charge in [-0.15, -0.1) is 6.42 Å². The van der Waals surface area contributed by atoms with Crippen molar-refractivity contribution in [1.82, 2.24) is 9.78 Å². The van der Waals surface area contributed by atoms with E-state index in [0.29, 0.717) is 18.7 Å². The van der Waals surface area contributed by atoms with Crippen molar-refractivity contribution < 1.29 is 5.11 Å². The highest BCUT2D eigenvalue weighted by molar-refractivity contribution is 6.32. The second-order valence-electron chi connectivity index (χ2n) is 4.03. The molecule has 0 aliphatic heterocycles. The maximum Gasteiger partial charge on any atom is 0.292 e. The standard InChI is InChI=1S/C12H16ClN3O2/c1-3-5-16-12(18)11(10(13)8-15-16)14-7-9(2)4-6-17/h1,8-9,14,17H,4-7H2,2H3. The van der Waals surface area contributed by atoms with E-state index in [1.165, 1.54) is 10.9 Å². The number of aliphatic hydroxyl groups is 1. The minimum Gasteiger partial charge on any atom is -0.396 e. The lowest BCUT2D eigenvalue weighted by Crippen LogP contribution is -2.27. The maximum atomic E-state index is 12.0. The van der Waals surface area contributed by atoms with E-state index in [2.05, 4.69) is 16.3 Å². The first kappa shape index (κ1) is 14.6. The topological polar surface area (TPSA) is 67.2 Å². The monoisotopic (exact) mass is 269 g/mol. The van der Waals surface area contributed by atoms with Crippen molar-refractivity contribution in [2.45, 2.75) is 19.9 Å². The van der Waals surface area contributed by atoms with E-state index < -0.39 is 0 Å². The van der Waals surface area contributed by atoms with Crippen LogP contribution in [0.5, 0.6) is 0 Å². The van der Waals surface area contributed by atoms with Crippen LogP contribution in [0.2, 0.25) is 5.02 Å². The van der Waals surface area contributed by atoms with E-state index in [-0.39, 0.29) is 29.7 Å². The average Bonchev–Trinajstić information content (AvgIpc) is 2.33. The minimum atomic E-state index is -0.336. The van der Waals surface area contributed by atoms with Crippen LogP contribution in [0.1, 0.15) is 13.3 Å². The molecule has 1 aromatic rings. The molecule has 0 aromatic carbocycles. The van der Waals surface area contributed by atoms with Crippen LogP contribution in [0.3, 0.4) is 0 Å². The van der Waals surface area contributed by atoms with Crippen molar-refractivity contribution >= 4 is 17.3 Å². The van der Waals surface area contributed by atoms with Gasteiger partial charge in [0.2, 0.25) is 0 Å². The van der Waals surface area contributed by atoms with Crippen LogP contribution in [0.15, 0.2) is 11.0 Å². The molecular formula is C12H16ClN3O2. The number of nitrogens with zero attached hydrogens (tertiary/aromatic N) is 2. The molecule has 18 heavy (non-hydrogen) atoms. The summed E-state index contributed by atoms with van der Waals surface area (Å²) in [6.45, 7) is 2.75. The van der Waals surface area contributed by atoms with Gasteiger partial charge in [-0.05, 0) is 12.3 Å². The zero-order valence-electron chi connectivity index (χ0n) is 10.2. The Bertz CT molecular complexity index is 493. The zero-order chi connectivity index (χ0) is 13.5. The summed E-state index contributed by atoms with van der Waals surface area (Å²) in [6.07, 6.45) is 7.20. The van der Waals surface area contributed by atoms with Gasteiger partial charge in [-0.25, -0.2) is 4.68 Å². The Balaban J connectivity index is 2.85. The predicted molar refractivity (Wildman–Crippen MR) is 71.7 cm³/mol. The first-order valence-corrected chi connectivity index (χ1v) is 6.01. The third-order valence-corrected chi connectivity index (χ3v) is 2.77. The Morgan fingerprint density at radius 1 is 1.72 bits per heavy atom. The first-order valence-electron chi connectivity index (χ1n) is 5.64. The second kappa shape index (κ2) is 7.04. The van der Waals surface area contributed by atoms with E-state index in [4.69, 9.17) is 23.1 Å². The second-order valence-corrected chi connectivity index (χ2v) is 4.44. The lowest BCUT2D eigenvalue weighted by atomic mass is 10.1. The Morgan fingerprint density at radius 2 is 2.44 bits per heavy atom. The first-order chi connectivity index (χ1) is 8.60. The maximum absolute atomic E-state index is 12.0. The molecule has 0 saturated heterocycles. The van der Waals surface area contributed by atoms with Gasteiger partial charge in [-0.2, -0.15) is 5.10 Å². The van der Waals surface area contributed by atoms with Gasteiger partial charge >= 0.3 is 0 Å². The van der Waals surface area contributed by atoms with Crippen LogP contribution in [-0.2, 0) is 6.54 Å². The average molecular weight is 270 g/mol. The molecule has 0 radical (unpaired) electrons. The largest absolute Gasteiger partial charge is 0.396 e. The van der Waals surface area contributed by atoms with Crippen molar-refractivity contribution in [1.29, 1.82) is 0 Å². The quantitative estimate of drug-likeness (QED) is 0.755. The van der Waals surface area contributed by atoms with Crippen molar-refractivity contribution in [2.75, 3.05) is 18.5 Å². The summed E-state index contributed by atoms with van der Waals surface area (Å²) in [5.74, 6) is 2.59. The van der Waals surface area contributed by atoms with Crippen molar-refractivity contribution in [2.24, 2.45) is 5.92 Å². The molecule has 6 heteroatoms. The number of anilines is 1. The minimum absolute atomic E-state index is 0.108. The van der Waals surface area contributed by atoms with Gasteiger partial charge in [0, 0.05) is 13.2 Å². The Morgan fingerprint density at radius 3 is 3.06 bits per heavy atom. The fraction of sp³-hybridized carbons (Fsp3) is 0.500. The van der Waals surface area contributed by atoms with Gasteiger partial charge in [-0.3, -0.25) is 4.79 Å². The molecule has 0 aliphatic carbocycles. The number of hydrogen-bond donors (Lipinski definition) is 2. The highest BCUT2D eigenvalue weighted by atomic mass is 35.5. The molecule has 2 N–H and O–H groups in total. The zero-order valence-corrected chi connectivity index (χ0v) is 10.9. The number of terminal acetylenes is 1. The molecule has 0 aliphatic rings. The Hall–Kier alpha value is -1.51. The van der Waals surface area contributed by atoms with Crippen LogP contribution in [0.4, 0.5) is 5.69 Å². The van der Waals surface area contributed by atoms with Crippen LogP contribution < -0.4 is 10.9 Å². The summed E-state index contributed by atoms with van der Waals surface area (Å²) in [7, 11) is 0. The molecule has 98 valence electrons. The van der Waals surface area contributed by atoms with E-state index in [1.807, 2.05) is 6.92 Å². The van der Waals surface area contributed by atoms with Crippen molar-refractivity contribution in [3.63, 3.8) is 0 Å². The molecule has 1 aromatic heterocycles. The molecule has 5 nitrogen and oxygen atoms in total. The summed E-state index contributed by atoms with van der Waals surface area (Å²) in [4.78, 5) is 12.0. The van der Waals surface area contributed by atoms with Crippen molar-refractivity contribution in [3.8, 4) is 12.3 Å². The molecule has 0 fully saturated rings. The van der Waals surface area contributed by atoms with Gasteiger partial charge in [-0.1, -0.05) is 24.4 Å². The number of aliphatic hydroxyl groups excluding tert-OH is 1. The molecule has 0 saturated carbocycles. The van der Waals surface area contributed by atoms with E-state index in [0.717, 1.165) is 0 Å². The molecule has 1 atom stereocenters. The van der Waals surface area contributed by atoms with E-state index >= 15 is 0 Å². The lowest BCUT2D eigenvalue weighted by Gasteiger charge is -2.13. The lowest BCUT2D eigenvalue weighted by molar-refractivity contribution is 0.266. The van der Waals surface area contributed by atoms with Gasteiger partial charge in [0.25, 0.3) is 5.56 Å². The fourth-order valence-electron chi connectivity index (χ4n) is 1.43. The molecule has 1 rings (SSSR count). The van der Waals surface area contributed by atoms with Crippen LogP contribution in [0.25, 0.3) is 0 Å². The van der Waals surface area contributed by atoms with Crippen molar-refractivity contribution in [3.05, 3.63) is 21.6 Å². The number of hydrogen-bond acceptors (Lipinski definition) is 4. The van der Waals surface area contributed by atoms with Gasteiger partial charge < -0.3 is 10.4 Å². The number of nitrogens with one attached hydrogen (secondary N) is 1. The van der Waals surface area contributed by atoms with Crippen LogP contribution in [-0.4, -0.2) is 28.0 Å². The Kier molecular flexibility index (Phi) is 5.69. The van der Waals surface area contributed by atoms with Gasteiger partial charge in [0.1, 0.15) is 12.2 Å². The smallest absolute Gasteiger partial charge is 0.292 e. The molecule has 0 amide bonds. The predicted octanol–water partition coefficient (Wildman–Crippen LogP) is 0.960. The summed E-state index contributed by atoms with van der Waals surface area (Å²) in [6, 6.07) is 0. The normalized spacial score (nSPS) is 11.9. The number of halogens is 1. The van der Waals surface area contributed by atoms with E-state index in [9.17, 15) is 4.79 Å². The van der Waals surface area contributed by atoms with Gasteiger partial charge in [0.15, 0.2) is 0 Å². The van der Waals surface area contributed by atoms with E-state index in [1.54, 1.807) is 0 Å². The number of rotatable bonds is 6. The Labute approximate surface area is 111 Å². The third kappa shape index (κ3) is 3.76. The highest BCUT2D eigenvalue weighted by Crippen LogP contribution is 2.15. The molecule has 1 heterocycles. The van der Waals surface area contributed by atoms with Gasteiger partial charge in [0.05, 0.1) is 11.2 Å². The highest BCUT2D eigenvalue weighted by Gasteiger charge is 2.10. The SMILES string of the molecule is C#CCn1ncc(Cl)c(NCC(C)CCO)c1=O. The summed E-state index contributed by atoms with van der Waals surface area (Å²) in [5, 5.41) is 15.9. The summed E-state index contributed by atoms with van der Waals surface area (Å²) < 4.78 is 1.17. The van der Waals surface area contributed by atoms with Crippen LogP contribution in [0, 0.1) is 18.3 Å². The number of aromatic nitrogens is 2. The summed E-state index contributed by atoms with van der Waals surface area (Å²) >= 11 is 5.92. The third-order valence-electron chi connectivity index (χ3n) is 2.49. The van der Waals surface area contributed by atoms with Crippen LogP contribution >= 0.6 is 11.6 Å². The summed E-state index contributed by atoms with van der Waals surface area (Å²) in [5.41, 5.74) is -0.0386. The molecule has 1 unspecified atom stereocenters. The molecule has 0 spiro atoms. The fourth-order valence-corrected chi connectivity index (χ4v) is 1.62. The molecular weight excluding hydrogens is 254 g/mol. The molecule has 0 bridgehead atoms.